The first kappa shape index (κ1) is 15.2. The van der Waals surface area contributed by atoms with E-state index in [1.807, 2.05) is 16.8 Å². The van der Waals surface area contributed by atoms with Crippen LogP contribution in [0.3, 0.4) is 0 Å². The van der Waals surface area contributed by atoms with E-state index >= 15 is 0 Å². The van der Waals surface area contributed by atoms with Crippen LogP contribution < -0.4 is 5.32 Å². The van der Waals surface area contributed by atoms with Crippen LogP contribution in [-0.2, 0) is 24.2 Å². The maximum Gasteiger partial charge on any atom is 0.123 e. The highest BCUT2D eigenvalue weighted by Crippen LogP contribution is 2.28. The van der Waals surface area contributed by atoms with E-state index in [0.717, 1.165) is 37.2 Å². The van der Waals surface area contributed by atoms with Gasteiger partial charge in [-0.2, -0.15) is 5.10 Å². The van der Waals surface area contributed by atoms with Crippen LogP contribution in [0.2, 0.25) is 0 Å². The predicted octanol–water partition coefficient (Wildman–Crippen LogP) is 2.84. The minimum absolute atomic E-state index is 0.194. The van der Waals surface area contributed by atoms with E-state index in [-0.39, 0.29) is 11.9 Å². The van der Waals surface area contributed by atoms with Crippen molar-refractivity contribution < 1.29 is 9.13 Å². The van der Waals surface area contributed by atoms with E-state index in [2.05, 4.69) is 11.5 Å². The van der Waals surface area contributed by atoms with Crippen molar-refractivity contribution in [1.82, 2.24) is 15.1 Å². The molecule has 1 aromatic carbocycles. The molecular weight excluding hydrogens is 281 g/mol. The van der Waals surface area contributed by atoms with Gasteiger partial charge in [-0.05, 0) is 42.5 Å². The molecule has 0 aliphatic heterocycles. The fraction of sp³-hybridized carbons (Fsp3) is 0.471. The average Bonchev–Trinajstić information content (AvgIpc) is 2.96. The topological polar surface area (TPSA) is 39.1 Å². The van der Waals surface area contributed by atoms with E-state index in [0.29, 0.717) is 6.61 Å². The first-order valence-corrected chi connectivity index (χ1v) is 7.79. The normalized spacial score (nSPS) is 17.5. The van der Waals surface area contributed by atoms with Crippen LogP contribution in [-0.4, -0.2) is 23.5 Å². The molecule has 1 aliphatic carbocycles. The molecule has 0 radical (unpaired) electrons. The first-order valence-electron chi connectivity index (χ1n) is 7.79. The third-order valence-electron chi connectivity index (χ3n) is 4.13. The lowest BCUT2D eigenvalue weighted by Gasteiger charge is -2.22. The molecular formula is C17H22FN3O. The molecule has 5 heteroatoms. The highest BCUT2D eigenvalue weighted by Gasteiger charge is 2.23. The number of hydrogen-bond acceptors (Lipinski definition) is 3. The Morgan fingerprint density at radius 2 is 2.18 bits per heavy atom. The van der Waals surface area contributed by atoms with Gasteiger partial charge >= 0.3 is 0 Å². The molecule has 0 saturated heterocycles. The number of benzene rings is 1. The second kappa shape index (κ2) is 7.03. The number of rotatable bonds is 6. The molecule has 1 aromatic heterocycles. The molecule has 0 spiro atoms. The Balaban J connectivity index is 1.65. The van der Waals surface area contributed by atoms with Gasteiger partial charge in [0.15, 0.2) is 0 Å². The maximum absolute atomic E-state index is 12.9. The Bertz CT molecular complexity index is 609. The molecule has 4 nitrogen and oxygen atoms in total. The summed E-state index contributed by atoms with van der Waals surface area (Å²) >= 11 is 0. The maximum atomic E-state index is 12.9. The van der Waals surface area contributed by atoms with E-state index in [1.54, 1.807) is 7.11 Å². The van der Waals surface area contributed by atoms with Crippen LogP contribution in [0.4, 0.5) is 4.39 Å². The minimum atomic E-state index is -0.194. The van der Waals surface area contributed by atoms with Gasteiger partial charge in [0.05, 0.1) is 24.9 Å². The Morgan fingerprint density at radius 3 is 2.95 bits per heavy atom. The lowest BCUT2D eigenvalue weighted by atomic mass is 9.93. The summed E-state index contributed by atoms with van der Waals surface area (Å²) in [5, 5.41) is 8.26. The lowest BCUT2D eigenvalue weighted by Crippen LogP contribution is -2.25. The van der Waals surface area contributed by atoms with Gasteiger partial charge in [-0.15, -0.1) is 0 Å². The van der Waals surface area contributed by atoms with Crippen molar-refractivity contribution in [2.45, 2.75) is 38.4 Å². The van der Waals surface area contributed by atoms with E-state index in [4.69, 9.17) is 9.84 Å². The number of halogens is 1. The van der Waals surface area contributed by atoms with Gasteiger partial charge in [0, 0.05) is 19.9 Å². The number of aryl methyl sites for hydroxylation is 1. The molecule has 1 heterocycles. The minimum Gasteiger partial charge on any atom is -0.383 e. The summed E-state index contributed by atoms with van der Waals surface area (Å²) in [6, 6.07) is 6.93. The average molecular weight is 303 g/mol. The molecule has 0 fully saturated rings. The van der Waals surface area contributed by atoms with Crippen molar-refractivity contribution in [1.29, 1.82) is 0 Å². The number of ether oxygens (including phenoxy) is 1. The Hall–Kier alpha value is -1.72. The molecule has 1 aliphatic rings. The van der Waals surface area contributed by atoms with Crippen molar-refractivity contribution in [2.24, 2.45) is 0 Å². The van der Waals surface area contributed by atoms with Crippen molar-refractivity contribution >= 4 is 0 Å². The van der Waals surface area contributed by atoms with Gasteiger partial charge in [0.25, 0.3) is 0 Å². The largest absolute Gasteiger partial charge is 0.383 e. The number of nitrogens with zero attached hydrogens (tertiary/aromatic N) is 2. The quantitative estimate of drug-likeness (QED) is 0.892. The fourth-order valence-corrected chi connectivity index (χ4v) is 2.94. The zero-order valence-corrected chi connectivity index (χ0v) is 12.9. The summed E-state index contributed by atoms with van der Waals surface area (Å²) in [5.74, 6) is -0.194. The van der Waals surface area contributed by atoms with Crippen molar-refractivity contribution in [3.8, 4) is 0 Å². The molecule has 2 aromatic rings. The van der Waals surface area contributed by atoms with Crippen LogP contribution >= 0.6 is 0 Å². The van der Waals surface area contributed by atoms with Crippen LogP contribution in [0.5, 0.6) is 0 Å². The first-order chi connectivity index (χ1) is 10.8. The Morgan fingerprint density at radius 1 is 1.36 bits per heavy atom. The fourth-order valence-electron chi connectivity index (χ4n) is 2.94. The molecule has 0 unspecified atom stereocenters. The smallest absolute Gasteiger partial charge is 0.123 e. The van der Waals surface area contributed by atoms with Crippen LogP contribution in [0, 0.1) is 5.82 Å². The molecule has 22 heavy (non-hydrogen) atoms. The number of fused-ring (bicyclic) bond motifs is 1. The molecule has 0 bridgehead atoms. The molecule has 0 saturated carbocycles. The summed E-state index contributed by atoms with van der Waals surface area (Å²) in [4.78, 5) is 0. The summed E-state index contributed by atoms with van der Waals surface area (Å²) < 4.78 is 20.0. The summed E-state index contributed by atoms with van der Waals surface area (Å²) in [6.45, 7) is 2.19. The molecule has 118 valence electrons. The third kappa shape index (κ3) is 3.54. The van der Waals surface area contributed by atoms with Gasteiger partial charge in [0.2, 0.25) is 0 Å². The van der Waals surface area contributed by atoms with Crippen LogP contribution in [0.1, 0.15) is 35.7 Å². The standard InChI is InChI=1S/C17H22FN3O/c1-22-10-9-21-12-14-3-2-4-16(17(14)20-21)19-11-13-5-7-15(18)8-6-13/h5-8,12,16,19H,2-4,9-11H2,1H3/t16-/m1/s1. The highest BCUT2D eigenvalue weighted by atomic mass is 19.1. The van der Waals surface area contributed by atoms with Gasteiger partial charge in [-0.1, -0.05) is 12.1 Å². The summed E-state index contributed by atoms with van der Waals surface area (Å²) in [5.41, 5.74) is 3.58. The second-order valence-electron chi connectivity index (χ2n) is 5.75. The van der Waals surface area contributed by atoms with Gasteiger partial charge < -0.3 is 10.1 Å². The number of methoxy groups -OCH3 is 1. The molecule has 0 amide bonds. The zero-order chi connectivity index (χ0) is 15.4. The predicted molar refractivity (Wildman–Crippen MR) is 83.0 cm³/mol. The van der Waals surface area contributed by atoms with Crippen LogP contribution in [0.25, 0.3) is 0 Å². The van der Waals surface area contributed by atoms with E-state index in [9.17, 15) is 4.39 Å². The van der Waals surface area contributed by atoms with Gasteiger partial charge in [-0.3, -0.25) is 4.68 Å². The van der Waals surface area contributed by atoms with Crippen LogP contribution in [0.15, 0.2) is 30.5 Å². The highest BCUT2D eigenvalue weighted by molar-refractivity contribution is 5.24. The van der Waals surface area contributed by atoms with Gasteiger partial charge in [-0.25, -0.2) is 4.39 Å². The Kier molecular flexibility index (Phi) is 4.85. The SMILES string of the molecule is COCCn1cc2c(n1)[C@H](NCc1ccc(F)cc1)CCC2. The number of aromatic nitrogens is 2. The molecule has 1 N–H and O–H groups in total. The monoisotopic (exact) mass is 303 g/mol. The molecule has 3 rings (SSSR count). The number of hydrogen-bond donors (Lipinski definition) is 1. The lowest BCUT2D eigenvalue weighted by molar-refractivity contribution is 0.183. The zero-order valence-electron chi connectivity index (χ0n) is 12.9. The number of nitrogens with one attached hydrogen (secondary N) is 1. The van der Waals surface area contributed by atoms with E-state index < -0.39 is 0 Å². The second-order valence-corrected chi connectivity index (χ2v) is 5.75. The van der Waals surface area contributed by atoms with Crippen molar-refractivity contribution in [3.63, 3.8) is 0 Å². The van der Waals surface area contributed by atoms with Crippen molar-refractivity contribution in [3.05, 3.63) is 53.1 Å². The molecule has 1 atom stereocenters. The van der Waals surface area contributed by atoms with Crippen molar-refractivity contribution in [2.75, 3.05) is 13.7 Å². The third-order valence-corrected chi connectivity index (χ3v) is 4.13. The van der Waals surface area contributed by atoms with Gasteiger partial charge in [0.1, 0.15) is 5.82 Å². The van der Waals surface area contributed by atoms with E-state index in [1.165, 1.54) is 24.1 Å². The Labute approximate surface area is 130 Å². The summed E-state index contributed by atoms with van der Waals surface area (Å²) in [7, 11) is 1.70. The summed E-state index contributed by atoms with van der Waals surface area (Å²) in [6.07, 6.45) is 5.50.